The molecule has 0 aliphatic carbocycles. The lowest BCUT2D eigenvalue weighted by Crippen LogP contribution is -2.01. The van der Waals surface area contributed by atoms with E-state index in [0.29, 0.717) is 17.3 Å². The summed E-state index contributed by atoms with van der Waals surface area (Å²) in [5.41, 5.74) is -0.0654. The van der Waals surface area contributed by atoms with E-state index in [2.05, 4.69) is 15.3 Å². The molecule has 8 heteroatoms. The van der Waals surface area contributed by atoms with Crippen molar-refractivity contribution in [3.8, 4) is 17.4 Å². The smallest absolute Gasteiger partial charge is 0.273 e. The molecule has 1 N–H and O–H groups in total. The maximum absolute atomic E-state index is 10.7. The summed E-state index contributed by atoms with van der Waals surface area (Å²) in [4.78, 5) is 18.2. The number of benzene rings is 1. The van der Waals surface area contributed by atoms with Crippen LogP contribution in [0, 0.1) is 10.1 Å². The van der Waals surface area contributed by atoms with Crippen LogP contribution >= 0.6 is 0 Å². The second kappa shape index (κ2) is 5.83. The Morgan fingerprint density at radius 3 is 2.80 bits per heavy atom. The monoisotopic (exact) mass is 276 g/mol. The molecular formula is C12H12N4O4. The highest BCUT2D eigenvalue weighted by atomic mass is 16.6. The predicted octanol–water partition coefficient (Wildman–Crippen LogP) is 2.23. The molecule has 0 unspecified atom stereocenters. The Labute approximate surface area is 114 Å². The standard InChI is InChI=1S/C12H12N4O4/c1-13-11-10(19-2)12(15-7-14-11)20-9-5-3-4-8(6-9)16(17)18/h3-7H,1-2H3,(H,13,14,15). The summed E-state index contributed by atoms with van der Waals surface area (Å²) >= 11 is 0. The number of nitro benzene ring substituents is 1. The zero-order valence-corrected chi connectivity index (χ0v) is 10.9. The number of non-ortho nitro benzene ring substituents is 1. The second-order valence-electron chi connectivity index (χ2n) is 3.67. The highest BCUT2D eigenvalue weighted by Gasteiger charge is 2.14. The summed E-state index contributed by atoms with van der Waals surface area (Å²) in [6, 6.07) is 5.80. The van der Waals surface area contributed by atoms with Gasteiger partial charge in [-0.05, 0) is 6.07 Å². The maximum Gasteiger partial charge on any atom is 0.273 e. The molecule has 0 atom stereocenters. The first kappa shape index (κ1) is 13.5. The molecule has 2 aromatic rings. The molecule has 0 aliphatic heterocycles. The van der Waals surface area contributed by atoms with Crippen LogP contribution < -0.4 is 14.8 Å². The van der Waals surface area contributed by atoms with Crippen molar-refractivity contribution in [2.45, 2.75) is 0 Å². The van der Waals surface area contributed by atoms with Crippen LogP contribution in [0.5, 0.6) is 17.4 Å². The summed E-state index contributed by atoms with van der Waals surface area (Å²) in [5, 5.41) is 13.6. The zero-order valence-electron chi connectivity index (χ0n) is 10.9. The van der Waals surface area contributed by atoms with E-state index >= 15 is 0 Å². The highest BCUT2D eigenvalue weighted by Crippen LogP contribution is 2.34. The first-order valence-electron chi connectivity index (χ1n) is 5.64. The minimum absolute atomic E-state index is 0.0654. The number of nitro groups is 1. The Morgan fingerprint density at radius 1 is 1.35 bits per heavy atom. The van der Waals surface area contributed by atoms with Gasteiger partial charge in [0, 0.05) is 13.1 Å². The van der Waals surface area contributed by atoms with Crippen molar-refractivity contribution in [3.63, 3.8) is 0 Å². The van der Waals surface area contributed by atoms with Gasteiger partial charge in [0.1, 0.15) is 12.1 Å². The molecule has 0 bridgehead atoms. The zero-order chi connectivity index (χ0) is 14.5. The molecule has 0 aliphatic rings. The normalized spacial score (nSPS) is 9.90. The average molecular weight is 276 g/mol. The lowest BCUT2D eigenvalue weighted by atomic mass is 10.3. The SMILES string of the molecule is CNc1ncnc(Oc2cccc([N+](=O)[O-])c2)c1OC. The molecule has 104 valence electrons. The number of hydrogen-bond acceptors (Lipinski definition) is 7. The van der Waals surface area contributed by atoms with Crippen LogP contribution in [0.4, 0.5) is 11.5 Å². The van der Waals surface area contributed by atoms with Crippen LogP contribution in [0.25, 0.3) is 0 Å². The van der Waals surface area contributed by atoms with Crippen molar-refractivity contribution < 1.29 is 14.4 Å². The fourth-order valence-corrected chi connectivity index (χ4v) is 1.56. The number of methoxy groups -OCH3 is 1. The summed E-state index contributed by atoms with van der Waals surface area (Å²) in [5.74, 6) is 1.25. The van der Waals surface area contributed by atoms with E-state index < -0.39 is 4.92 Å². The van der Waals surface area contributed by atoms with Gasteiger partial charge in [0.15, 0.2) is 5.82 Å². The molecule has 1 aromatic carbocycles. The first-order chi connectivity index (χ1) is 9.65. The number of aromatic nitrogens is 2. The van der Waals surface area contributed by atoms with E-state index in [0.717, 1.165) is 0 Å². The van der Waals surface area contributed by atoms with Crippen molar-refractivity contribution in [2.24, 2.45) is 0 Å². The number of hydrogen-bond donors (Lipinski definition) is 1. The molecule has 1 heterocycles. The minimum atomic E-state index is -0.497. The van der Waals surface area contributed by atoms with Crippen molar-refractivity contribution in [2.75, 3.05) is 19.5 Å². The van der Waals surface area contributed by atoms with Crippen molar-refractivity contribution >= 4 is 11.5 Å². The molecule has 0 radical (unpaired) electrons. The van der Waals surface area contributed by atoms with Gasteiger partial charge in [-0.1, -0.05) is 6.07 Å². The van der Waals surface area contributed by atoms with Gasteiger partial charge in [-0.3, -0.25) is 10.1 Å². The van der Waals surface area contributed by atoms with Crippen LogP contribution in [0.1, 0.15) is 0 Å². The van der Waals surface area contributed by atoms with Gasteiger partial charge >= 0.3 is 0 Å². The lowest BCUT2D eigenvalue weighted by Gasteiger charge is -2.11. The maximum atomic E-state index is 10.7. The van der Waals surface area contributed by atoms with Crippen LogP contribution in [0.15, 0.2) is 30.6 Å². The number of nitrogens with one attached hydrogen (secondary N) is 1. The Kier molecular flexibility index (Phi) is 3.94. The van der Waals surface area contributed by atoms with Gasteiger partial charge in [-0.15, -0.1) is 0 Å². The Morgan fingerprint density at radius 2 is 2.15 bits per heavy atom. The van der Waals surface area contributed by atoms with Gasteiger partial charge in [-0.2, -0.15) is 4.98 Å². The van der Waals surface area contributed by atoms with Crippen molar-refractivity contribution in [1.82, 2.24) is 9.97 Å². The molecule has 0 amide bonds. The molecule has 20 heavy (non-hydrogen) atoms. The number of ether oxygens (including phenoxy) is 2. The van der Waals surface area contributed by atoms with Gasteiger partial charge in [-0.25, -0.2) is 4.98 Å². The van der Waals surface area contributed by atoms with Gasteiger partial charge in [0.05, 0.1) is 18.1 Å². The topological polar surface area (TPSA) is 99.4 Å². The molecular weight excluding hydrogens is 264 g/mol. The van der Waals surface area contributed by atoms with E-state index in [1.54, 1.807) is 13.1 Å². The molecule has 1 aromatic heterocycles. The van der Waals surface area contributed by atoms with Crippen molar-refractivity contribution in [3.05, 3.63) is 40.7 Å². The second-order valence-corrected chi connectivity index (χ2v) is 3.67. The van der Waals surface area contributed by atoms with Gasteiger partial charge < -0.3 is 14.8 Å². The highest BCUT2D eigenvalue weighted by molar-refractivity contribution is 5.55. The molecule has 0 saturated carbocycles. The van der Waals surface area contributed by atoms with Crippen LogP contribution in [0.2, 0.25) is 0 Å². The summed E-state index contributed by atoms with van der Waals surface area (Å²) < 4.78 is 10.7. The third-order valence-electron chi connectivity index (χ3n) is 2.46. The molecule has 0 saturated heterocycles. The lowest BCUT2D eigenvalue weighted by molar-refractivity contribution is -0.384. The first-order valence-corrected chi connectivity index (χ1v) is 5.64. The molecule has 8 nitrogen and oxygen atoms in total. The summed E-state index contributed by atoms with van der Waals surface area (Å²) in [6.07, 6.45) is 1.31. The number of rotatable bonds is 5. The average Bonchev–Trinajstić information content (AvgIpc) is 2.47. The Hall–Kier alpha value is -2.90. The quantitative estimate of drug-likeness (QED) is 0.660. The Bertz CT molecular complexity index is 633. The van der Waals surface area contributed by atoms with Crippen molar-refractivity contribution in [1.29, 1.82) is 0 Å². The largest absolute Gasteiger partial charge is 0.489 e. The van der Waals surface area contributed by atoms with E-state index in [9.17, 15) is 10.1 Å². The fourth-order valence-electron chi connectivity index (χ4n) is 1.56. The van der Waals surface area contributed by atoms with E-state index in [4.69, 9.17) is 9.47 Å². The fraction of sp³-hybridized carbons (Fsp3) is 0.167. The van der Waals surface area contributed by atoms with Gasteiger partial charge in [0.25, 0.3) is 11.6 Å². The third-order valence-corrected chi connectivity index (χ3v) is 2.46. The molecule has 0 spiro atoms. The van der Waals surface area contributed by atoms with E-state index in [-0.39, 0.29) is 11.6 Å². The van der Waals surface area contributed by atoms with Crippen LogP contribution in [0.3, 0.4) is 0 Å². The molecule has 0 fully saturated rings. The number of nitrogens with zero attached hydrogens (tertiary/aromatic N) is 3. The summed E-state index contributed by atoms with van der Waals surface area (Å²) in [7, 11) is 3.14. The number of anilines is 1. The Balaban J connectivity index is 2.35. The van der Waals surface area contributed by atoms with Crippen LogP contribution in [-0.2, 0) is 0 Å². The van der Waals surface area contributed by atoms with E-state index in [1.807, 2.05) is 0 Å². The third kappa shape index (κ3) is 2.74. The minimum Gasteiger partial charge on any atom is -0.489 e. The van der Waals surface area contributed by atoms with Crippen LogP contribution in [-0.4, -0.2) is 29.0 Å². The van der Waals surface area contributed by atoms with Gasteiger partial charge in [0.2, 0.25) is 5.75 Å². The molecule has 2 rings (SSSR count). The summed E-state index contributed by atoms with van der Waals surface area (Å²) in [6.45, 7) is 0. The predicted molar refractivity (Wildman–Crippen MR) is 71.3 cm³/mol. The van der Waals surface area contributed by atoms with E-state index in [1.165, 1.54) is 31.6 Å².